The number of sulfonamides is 1. The topological polar surface area (TPSA) is 101 Å². The summed E-state index contributed by atoms with van der Waals surface area (Å²) in [5.41, 5.74) is 6.28. The largest absolute Gasteiger partial charge is 0.351 e. The Morgan fingerprint density at radius 2 is 1.62 bits per heavy atom. The molecule has 7 heteroatoms. The molecule has 2 rings (SSSR count). The van der Waals surface area contributed by atoms with Crippen molar-refractivity contribution in [1.82, 2.24) is 4.72 Å². The first kappa shape index (κ1) is 15.0. The molecule has 110 valence electrons. The molecule has 0 unspecified atom stereocenters. The zero-order valence-electron chi connectivity index (χ0n) is 11.1. The number of anilines is 1. The molecule has 0 spiro atoms. The van der Waals surface area contributed by atoms with Crippen LogP contribution in [-0.4, -0.2) is 14.4 Å². The summed E-state index contributed by atoms with van der Waals surface area (Å²) in [6.45, 7) is 0.213. The Kier molecular flexibility index (Phi) is 4.56. The van der Waals surface area contributed by atoms with E-state index in [1.807, 2.05) is 30.3 Å². The summed E-state index contributed by atoms with van der Waals surface area (Å²) < 4.78 is 26.7. The molecule has 0 heterocycles. The molecule has 0 saturated heterocycles. The zero-order chi connectivity index (χ0) is 15.3. The third-order valence-corrected chi connectivity index (χ3v) is 4.16. The zero-order valence-corrected chi connectivity index (χ0v) is 11.9. The Bertz CT molecular complexity index is 713. The lowest BCUT2D eigenvalue weighted by Gasteiger charge is -2.08. The standard InChI is InChI=1S/C14H15N3O3S/c15-14(18)17-12-6-8-13(9-7-12)21(19,20)16-10-11-4-2-1-3-5-11/h1-9,16H,10H2,(H3,15,17,18). The number of amides is 2. The van der Waals surface area contributed by atoms with Crippen molar-refractivity contribution in [3.8, 4) is 0 Å². The van der Waals surface area contributed by atoms with E-state index < -0.39 is 16.1 Å². The number of carbonyl (C=O) groups is 1. The van der Waals surface area contributed by atoms with Crippen molar-refractivity contribution in [1.29, 1.82) is 0 Å². The maximum absolute atomic E-state index is 12.1. The monoisotopic (exact) mass is 305 g/mol. The second kappa shape index (κ2) is 6.38. The lowest BCUT2D eigenvalue weighted by Crippen LogP contribution is -2.23. The van der Waals surface area contributed by atoms with E-state index >= 15 is 0 Å². The molecule has 2 aromatic rings. The van der Waals surface area contributed by atoms with Crippen LogP contribution in [0.1, 0.15) is 5.56 Å². The summed E-state index contributed by atoms with van der Waals surface area (Å²) in [6, 6.07) is 14.3. The van der Waals surface area contributed by atoms with Crippen LogP contribution in [0, 0.1) is 0 Å². The molecule has 0 saturated carbocycles. The molecule has 4 N–H and O–H groups in total. The highest BCUT2D eigenvalue weighted by atomic mass is 32.2. The number of hydrogen-bond donors (Lipinski definition) is 3. The van der Waals surface area contributed by atoms with E-state index in [0.717, 1.165) is 5.56 Å². The summed E-state index contributed by atoms with van der Waals surface area (Å²) in [4.78, 5) is 10.8. The molecule has 0 atom stereocenters. The van der Waals surface area contributed by atoms with Crippen molar-refractivity contribution >= 4 is 21.7 Å². The van der Waals surface area contributed by atoms with Crippen molar-refractivity contribution in [3.63, 3.8) is 0 Å². The van der Waals surface area contributed by atoms with Crippen LogP contribution in [0.3, 0.4) is 0 Å². The molecule has 2 aromatic carbocycles. The normalized spacial score (nSPS) is 11.0. The highest BCUT2D eigenvalue weighted by Gasteiger charge is 2.13. The molecule has 2 amide bonds. The Labute approximate surface area is 123 Å². The van der Waals surface area contributed by atoms with Gasteiger partial charge in [-0.25, -0.2) is 17.9 Å². The van der Waals surface area contributed by atoms with Gasteiger partial charge >= 0.3 is 6.03 Å². The summed E-state index contributed by atoms with van der Waals surface area (Å²) in [5.74, 6) is 0. The predicted octanol–water partition coefficient (Wildman–Crippen LogP) is 1.66. The fourth-order valence-corrected chi connectivity index (χ4v) is 2.73. The minimum Gasteiger partial charge on any atom is -0.351 e. The van der Waals surface area contributed by atoms with Crippen molar-refractivity contribution in [2.24, 2.45) is 5.73 Å². The lowest BCUT2D eigenvalue weighted by atomic mass is 10.2. The van der Waals surface area contributed by atoms with E-state index in [9.17, 15) is 13.2 Å². The number of urea groups is 1. The molecule has 0 aliphatic rings. The minimum absolute atomic E-state index is 0.119. The van der Waals surface area contributed by atoms with Gasteiger partial charge in [0, 0.05) is 12.2 Å². The van der Waals surface area contributed by atoms with Crippen LogP contribution in [-0.2, 0) is 16.6 Å². The number of benzene rings is 2. The lowest BCUT2D eigenvalue weighted by molar-refractivity contribution is 0.259. The maximum Gasteiger partial charge on any atom is 0.316 e. The van der Waals surface area contributed by atoms with E-state index in [2.05, 4.69) is 10.0 Å². The Balaban J connectivity index is 2.07. The van der Waals surface area contributed by atoms with Crippen LogP contribution in [0.15, 0.2) is 59.5 Å². The highest BCUT2D eigenvalue weighted by Crippen LogP contribution is 2.14. The van der Waals surface area contributed by atoms with Crippen LogP contribution in [0.4, 0.5) is 10.5 Å². The Morgan fingerprint density at radius 1 is 1.00 bits per heavy atom. The molecule has 0 radical (unpaired) electrons. The van der Waals surface area contributed by atoms with Crippen LogP contribution in [0.25, 0.3) is 0 Å². The van der Waals surface area contributed by atoms with Gasteiger partial charge in [0.1, 0.15) is 0 Å². The van der Waals surface area contributed by atoms with E-state index in [4.69, 9.17) is 5.73 Å². The van der Waals surface area contributed by atoms with Gasteiger partial charge in [0.15, 0.2) is 0 Å². The number of carbonyl (C=O) groups excluding carboxylic acids is 1. The summed E-state index contributed by atoms with van der Waals surface area (Å²) in [5, 5.41) is 2.36. The van der Waals surface area contributed by atoms with E-state index in [1.54, 1.807) is 0 Å². The number of primary amides is 1. The van der Waals surface area contributed by atoms with E-state index in [0.29, 0.717) is 5.69 Å². The van der Waals surface area contributed by atoms with Crippen molar-refractivity contribution < 1.29 is 13.2 Å². The molecular formula is C14H15N3O3S. The quantitative estimate of drug-likeness (QED) is 0.783. The van der Waals surface area contributed by atoms with Gasteiger partial charge in [-0.2, -0.15) is 0 Å². The summed E-state index contributed by atoms with van der Waals surface area (Å²) >= 11 is 0. The predicted molar refractivity (Wildman–Crippen MR) is 80.1 cm³/mol. The van der Waals surface area contributed by atoms with Crippen molar-refractivity contribution in [2.75, 3.05) is 5.32 Å². The third kappa shape index (κ3) is 4.30. The smallest absolute Gasteiger partial charge is 0.316 e. The highest BCUT2D eigenvalue weighted by molar-refractivity contribution is 7.89. The van der Waals surface area contributed by atoms with Gasteiger partial charge in [-0.1, -0.05) is 30.3 Å². The van der Waals surface area contributed by atoms with E-state index in [1.165, 1.54) is 24.3 Å². The number of nitrogens with two attached hydrogens (primary N) is 1. The van der Waals surface area contributed by atoms with Gasteiger partial charge in [0.05, 0.1) is 4.90 Å². The average molecular weight is 305 g/mol. The Morgan fingerprint density at radius 3 is 2.19 bits per heavy atom. The van der Waals surface area contributed by atoms with E-state index in [-0.39, 0.29) is 11.4 Å². The SMILES string of the molecule is NC(=O)Nc1ccc(S(=O)(=O)NCc2ccccc2)cc1. The van der Waals surface area contributed by atoms with Crippen molar-refractivity contribution in [3.05, 3.63) is 60.2 Å². The van der Waals surface area contributed by atoms with Crippen LogP contribution in [0.5, 0.6) is 0 Å². The molecular weight excluding hydrogens is 290 g/mol. The van der Waals surface area contributed by atoms with Gasteiger partial charge in [0.2, 0.25) is 10.0 Å². The second-order valence-electron chi connectivity index (χ2n) is 4.32. The van der Waals surface area contributed by atoms with Crippen LogP contribution < -0.4 is 15.8 Å². The minimum atomic E-state index is -3.60. The van der Waals surface area contributed by atoms with Gasteiger partial charge in [0.25, 0.3) is 0 Å². The van der Waals surface area contributed by atoms with Gasteiger partial charge in [-0.05, 0) is 29.8 Å². The fraction of sp³-hybridized carbons (Fsp3) is 0.0714. The van der Waals surface area contributed by atoms with Gasteiger partial charge in [-0.3, -0.25) is 0 Å². The van der Waals surface area contributed by atoms with Crippen LogP contribution in [0.2, 0.25) is 0 Å². The Hall–Kier alpha value is -2.38. The third-order valence-electron chi connectivity index (χ3n) is 2.74. The van der Waals surface area contributed by atoms with Crippen LogP contribution >= 0.6 is 0 Å². The molecule has 0 fully saturated rings. The molecule has 6 nitrogen and oxygen atoms in total. The first-order valence-electron chi connectivity index (χ1n) is 6.17. The average Bonchev–Trinajstić information content (AvgIpc) is 2.46. The number of nitrogens with one attached hydrogen (secondary N) is 2. The molecule has 0 aliphatic carbocycles. The van der Waals surface area contributed by atoms with Crippen molar-refractivity contribution in [2.45, 2.75) is 11.4 Å². The number of hydrogen-bond acceptors (Lipinski definition) is 3. The first-order valence-corrected chi connectivity index (χ1v) is 7.66. The van der Waals surface area contributed by atoms with Gasteiger partial charge in [-0.15, -0.1) is 0 Å². The molecule has 0 aliphatic heterocycles. The second-order valence-corrected chi connectivity index (χ2v) is 6.09. The van der Waals surface area contributed by atoms with Gasteiger partial charge < -0.3 is 11.1 Å². The maximum atomic E-state index is 12.1. The molecule has 21 heavy (non-hydrogen) atoms. The summed E-state index contributed by atoms with van der Waals surface area (Å²) in [6.07, 6.45) is 0. The molecule has 0 aromatic heterocycles. The number of rotatable bonds is 5. The first-order chi connectivity index (χ1) is 9.97. The summed E-state index contributed by atoms with van der Waals surface area (Å²) in [7, 11) is -3.60. The fourth-order valence-electron chi connectivity index (χ4n) is 1.72. The molecule has 0 bridgehead atoms.